The lowest BCUT2D eigenvalue weighted by Gasteiger charge is -2.21. The van der Waals surface area contributed by atoms with Crippen LogP contribution in [-0.4, -0.2) is 34.8 Å². The van der Waals surface area contributed by atoms with Crippen LogP contribution in [0.2, 0.25) is 0 Å². The smallest absolute Gasteiger partial charge is 0.255 e. The van der Waals surface area contributed by atoms with Crippen molar-refractivity contribution in [2.45, 2.75) is 13.3 Å². The number of aromatic amines is 1. The molecule has 96 valence electrons. The SMILES string of the molecule is CC1(C(N)=O)CCN(C(=O)c2ccc(=O)[nH]c2)C1. The Kier molecular flexibility index (Phi) is 2.94. The maximum Gasteiger partial charge on any atom is 0.255 e. The van der Waals surface area contributed by atoms with Crippen LogP contribution in [0, 0.1) is 5.41 Å². The van der Waals surface area contributed by atoms with Crippen LogP contribution in [-0.2, 0) is 4.79 Å². The highest BCUT2D eigenvalue weighted by Crippen LogP contribution is 2.30. The molecular weight excluding hydrogens is 234 g/mol. The summed E-state index contributed by atoms with van der Waals surface area (Å²) in [5.41, 5.74) is 4.82. The number of carbonyl (C=O) groups excluding carboxylic acids is 2. The Morgan fingerprint density at radius 3 is 2.67 bits per heavy atom. The highest BCUT2D eigenvalue weighted by Gasteiger charge is 2.40. The van der Waals surface area contributed by atoms with Crippen molar-refractivity contribution in [2.75, 3.05) is 13.1 Å². The highest BCUT2D eigenvalue weighted by atomic mass is 16.2. The molecule has 2 rings (SSSR count). The zero-order chi connectivity index (χ0) is 13.3. The van der Waals surface area contributed by atoms with Crippen molar-refractivity contribution < 1.29 is 9.59 Å². The summed E-state index contributed by atoms with van der Waals surface area (Å²) in [6.07, 6.45) is 1.95. The minimum absolute atomic E-state index is 0.198. The van der Waals surface area contributed by atoms with Crippen LogP contribution in [0.4, 0.5) is 0 Å². The van der Waals surface area contributed by atoms with Gasteiger partial charge < -0.3 is 15.6 Å². The average Bonchev–Trinajstić information content (AvgIpc) is 2.73. The first kappa shape index (κ1) is 12.3. The first-order valence-corrected chi connectivity index (χ1v) is 5.70. The number of aromatic nitrogens is 1. The average molecular weight is 249 g/mol. The zero-order valence-electron chi connectivity index (χ0n) is 10.1. The Bertz CT molecular complexity index is 531. The second-order valence-corrected chi connectivity index (χ2v) is 4.84. The predicted molar refractivity (Wildman–Crippen MR) is 64.9 cm³/mol. The number of carbonyl (C=O) groups is 2. The van der Waals surface area contributed by atoms with E-state index in [-0.39, 0.29) is 17.4 Å². The number of amides is 2. The number of nitrogens with two attached hydrogens (primary N) is 1. The van der Waals surface area contributed by atoms with Gasteiger partial charge in [-0.3, -0.25) is 14.4 Å². The monoisotopic (exact) mass is 249 g/mol. The van der Waals surface area contributed by atoms with Crippen molar-refractivity contribution in [3.8, 4) is 0 Å². The Morgan fingerprint density at radius 2 is 2.17 bits per heavy atom. The van der Waals surface area contributed by atoms with E-state index in [4.69, 9.17) is 5.73 Å². The number of likely N-dealkylation sites (tertiary alicyclic amines) is 1. The largest absolute Gasteiger partial charge is 0.369 e. The van der Waals surface area contributed by atoms with Crippen molar-refractivity contribution in [1.29, 1.82) is 0 Å². The van der Waals surface area contributed by atoms with Gasteiger partial charge in [-0.2, -0.15) is 0 Å². The van der Waals surface area contributed by atoms with E-state index in [0.717, 1.165) is 0 Å². The van der Waals surface area contributed by atoms with Crippen molar-refractivity contribution in [2.24, 2.45) is 11.1 Å². The summed E-state index contributed by atoms with van der Waals surface area (Å²) >= 11 is 0. The van der Waals surface area contributed by atoms with Gasteiger partial charge in [0.1, 0.15) is 0 Å². The number of primary amides is 1. The first-order valence-electron chi connectivity index (χ1n) is 5.70. The number of nitrogens with zero attached hydrogens (tertiary/aromatic N) is 1. The van der Waals surface area contributed by atoms with Crippen LogP contribution in [0.25, 0.3) is 0 Å². The molecule has 2 amide bonds. The maximum absolute atomic E-state index is 12.1. The Labute approximate surface area is 104 Å². The summed E-state index contributed by atoms with van der Waals surface area (Å²) in [6, 6.07) is 2.78. The molecule has 0 aromatic carbocycles. The van der Waals surface area contributed by atoms with E-state index < -0.39 is 5.41 Å². The van der Waals surface area contributed by atoms with Gasteiger partial charge >= 0.3 is 0 Å². The van der Waals surface area contributed by atoms with Crippen molar-refractivity contribution in [3.05, 3.63) is 34.2 Å². The third kappa shape index (κ3) is 2.13. The van der Waals surface area contributed by atoms with E-state index in [1.54, 1.807) is 11.8 Å². The third-order valence-electron chi connectivity index (χ3n) is 3.39. The molecule has 0 radical (unpaired) electrons. The summed E-state index contributed by atoms with van der Waals surface area (Å²) in [4.78, 5) is 38.4. The molecule has 3 N–H and O–H groups in total. The van der Waals surface area contributed by atoms with Gasteiger partial charge in [-0.15, -0.1) is 0 Å². The second kappa shape index (κ2) is 4.29. The van der Waals surface area contributed by atoms with Gasteiger partial charge in [0.05, 0.1) is 11.0 Å². The normalized spacial score (nSPS) is 23.1. The topological polar surface area (TPSA) is 96.3 Å². The van der Waals surface area contributed by atoms with Crippen molar-refractivity contribution >= 4 is 11.8 Å². The minimum atomic E-state index is -0.655. The number of rotatable bonds is 2. The molecule has 6 nitrogen and oxygen atoms in total. The lowest BCUT2D eigenvalue weighted by molar-refractivity contribution is -0.126. The molecule has 1 aromatic rings. The van der Waals surface area contributed by atoms with Crippen LogP contribution in [0.1, 0.15) is 23.7 Å². The lowest BCUT2D eigenvalue weighted by atomic mass is 9.89. The van der Waals surface area contributed by atoms with E-state index in [9.17, 15) is 14.4 Å². The quantitative estimate of drug-likeness (QED) is 0.754. The van der Waals surface area contributed by atoms with E-state index in [0.29, 0.717) is 25.1 Å². The Morgan fingerprint density at radius 1 is 1.44 bits per heavy atom. The molecule has 1 atom stereocenters. The second-order valence-electron chi connectivity index (χ2n) is 4.84. The van der Waals surface area contributed by atoms with Crippen LogP contribution >= 0.6 is 0 Å². The summed E-state index contributed by atoms with van der Waals surface area (Å²) in [5.74, 6) is -0.588. The third-order valence-corrected chi connectivity index (χ3v) is 3.39. The number of pyridine rings is 1. The molecule has 1 unspecified atom stereocenters. The maximum atomic E-state index is 12.1. The fourth-order valence-electron chi connectivity index (χ4n) is 2.06. The molecule has 1 aliphatic rings. The summed E-state index contributed by atoms with van der Waals surface area (Å²) in [5, 5.41) is 0. The summed E-state index contributed by atoms with van der Waals surface area (Å²) in [7, 11) is 0. The van der Waals surface area contributed by atoms with Gasteiger partial charge in [0.25, 0.3) is 5.91 Å². The standard InChI is InChI=1S/C12H15N3O3/c1-12(11(13)18)4-5-15(7-12)10(17)8-2-3-9(16)14-6-8/h2-3,6H,4-5,7H2,1H3,(H2,13,18)(H,14,16). The molecule has 1 fully saturated rings. The molecule has 0 spiro atoms. The number of hydrogen-bond donors (Lipinski definition) is 2. The summed E-state index contributed by atoms with van der Waals surface area (Å²) in [6.45, 7) is 2.58. The van der Waals surface area contributed by atoms with Crippen LogP contribution in [0.3, 0.4) is 0 Å². The van der Waals surface area contributed by atoms with Gasteiger partial charge in [-0.05, 0) is 19.4 Å². The van der Waals surface area contributed by atoms with Gasteiger partial charge in [-0.1, -0.05) is 0 Å². The van der Waals surface area contributed by atoms with Crippen LogP contribution in [0.15, 0.2) is 23.1 Å². The predicted octanol–water partition coefficient (Wildman–Crippen LogP) is -0.288. The Hall–Kier alpha value is -2.11. The van der Waals surface area contributed by atoms with E-state index >= 15 is 0 Å². The van der Waals surface area contributed by atoms with Crippen LogP contribution < -0.4 is 11.3 Å². The molecule has 0 aliphatic carbocycles. The molecule has 0 bridgehead atoms. The fourth-order valence-corrected chi connectivity index (χ4v) is 2.06. The molecule has 1 aromatic heterocycles. The first-order chi connectivity index (χ1) is 8.42. The highest BCUT2D eigenvalue weighted by molar-refractivity contribution is 5.95. The number of hydrogen-bond acceptors (Lipinski definition) is 3. The van der Waals surface area contributed by atoms with Gasteiger partial charge in [0.2, 0.25) is 11.5 Å². The lowest BCUT2D eigenvalue weighted by Crippen LogP contribution is -2.38. The van der Waals surface area contributed by atoms with Crippen molar-refractivity contribution in [3.63, 3.8) is 0 Å². The molecule has 6 heteroatoms. The molecule has 2 heterocycles. The molecular formula is C12H15N3O3. The fraction of sp³-hybridized carbons (Fsp3) is 0.417. The molecule has 1 aliphatic heterocycles. The molecule has 1 saturated heterocycles. The molecule has 18 heavy (non-hydrogen) atoms. The minimum Gasteiger partial charge on any atom is -0.369 e. The number of H-pyrrole nitrogens is 1. The van der Waals surface area contributed by atoms with E-state index in [1.165, 1.54) is 18.3 Å². The van der Waals surface area contributed by atoms with Gasteiger partial charge in [-0.25, -0.2) is 0 Å². The van der Waals surface area contributed by atoms with E-state index in [2.05, 4.69) is 4.98 Å². The number of nitrogens with one attached hydrogen (secondary N) is 1. The van der Waals surface area contributed by atoms with Gasteiger partial charge in [0.15, 0.2) is 0 Å². The van der Waals surface area contributed by atoms with Crippen LogP contribution in [0.5, 0.6) is 0 Å². The molecule has 0 saturated carbocycles. The van der Waals surface area contributed by atoms with Gasteiger partial charge in [0, 0.05) is 25.4 Å². The zero-order valence-corrected chi connectivity index (χ0v) is 10.1. The Balaban J connectivity index is 2.15. The summed E-state index contributed by atoms with van der Waals surface area (Å²) < 4.78 is 0. The van der Waals surface area contributed by atoms with Crippen molar-refractivity contribution in [1.82, 2.24) is 9.88 Å². The van der Waals surface area contributed by atoms with E-state index in [1.807, 2.05) is 0 Å².